The Morgan fingerprint density at radius 1 is 1.09 bits per heavy atom. The molecule has 0 aromatic heterocycles. The summed E-state index contributed by atoms with van der Waals surface area (Å²) in [5, 5.41) is 5.58. The van der Waals surface area contributed by atoms with E-state index in [2.05, 4.69) is 10.6 Å². The first-order valence-electron chi connectivity index (χ1n) is 7.11. The van der Waals surface area contributed by atoms with Gasteiger partial charge in [-0.3, -0.25) is 0 Å². The summed E-state index contributed by atoms with van der Waals surface area (Å²) in [6, 6.07) is 17.1. The number of carbonyl (C=O) groups excluding carboxylic acids is 1. The van der Waals surface area contributed by atoms with E-state index in [0.717, 1.165) is 16.9 Å². The van der Waals surface area contributed by atoms with Crippen molar-refractivity contribution >= 4 is 12.1 Å². The van der Waals surface area contributed by atoms with Crippen molar-refractivity contribution in [3.8, 4) is 5.75 Å². The normalized spacial score (nSPS) is 11.9. The van der Waals surface area contributed by atoms with Gasteiger partial charge in [-0.1, -0.05) is 42.5 Å². The van der Waals surface area contributed by atoms with Crippen molar-refractivity contribution in [3.05, 3.63) is 71.9 Å². The lowest BCUT2D eigenvalue weighted by molar-refractivity contribution is 0.241. The van der Waals surface area contributed by atoms with Gasteiger partial charge >= 0.3 is 6.03 Å². The molecule has 114 valence electrons. The molecule has 1 unspecified atom stereocenters. The van der Waals surface area contributed by atoms with Gasteiger partial charge in [0.1, 0.15) is 5.75 Å². The van der Waals surface area contributed by atoms with E-state index in [1.54, 1.807) is 13.3 Å². The van der Waals surface area contributed by atoms with Crippen molar-refractivity contribution in [3.63, 3.8) is 0 Å². The minimum atomic E-state index is -0.235. The first-order valence-corrected chi connectivity index (χ1v) is 7.11. The van der Waals surface area contributed by atoms with Crippen LogP contribution in [-0.4, -0.2) is 13.1 Å². The number of nitrogens with one attached hydrogen (secondary N) is 2. The lowest BCUT2D eigenvalue weighted by Gasteiger charge is -2.13. The summed E-state index contributed by atoms with van der Waals surface area (Å²) in [4.78, 5) is 11.8. The highest BCUT2D eigenvalue weighted by molar-refractivity contribution is 5.76. The summed E-state index contributed by atoms with van der Waals surface area (Å²) < 4.78 is 5.09. The summed E-state index contributed by atoms with van der Waals surface area (Å²) in [6.45, 7) is 1.95. The molecule has 0 aliphatic rings. The fraction of sp³-hybridized carbons (Fsp3) is 0.167. The number of urea groups is 1. The molecule has 0 saturated heterocycles. The zero-order chi connectivity index (χ0) is 15.8. The number of methoxy groups -OCH3 is 1. The standard InChI is InChI=1S/C18H20N2O2/c1-14(16-6-4-3-5-7-16)20-18(21)19-13-12-15-8-10-17(22-2)11-9-15/h3-14H,1-2H3,(H2,19,20,21)/b13-12+. The molecule has 0 aliphatic heterocycles. The molecule has 2 aromatic carbocycles. The molecule has 0 radical (unpaired) electrons. The predicted octanol–water partition coefficient (Wildman–Crippen LogP) is 3.73. The second-order valence-electron chi connectivity index (χ2n) is 4.86. The van der Waals surface area contributed by atoms with Crippen molar-refractivity contribution in [2.75, 3.05) is 7.11 Å². The van der Waals surface area contributed by atoms with E-state index in [0.29, 0.717) is 0 Å². The number of hydrogen-bond acceptors (Lipinski definition) is 2. The summed E-state index contributed by atoms with van der Waals surface area (Å²) in [6.07, 6.45) is 3.45. The molecule has 0 heterocycles. The van der Waals surface area contributed by atoms with E-state index in [9.17, 15) is 4.79 Å². The Hall–Kier alpha value is -2.75. The van der Waals surface area contributed by atoms with Crippen LogP contribution in [0.2, 0.25) is 0 Å². The van der Waals surface area contributed by atoms with E-state index in [1.165, 1.54) is 0 Å². The summed E-state index contributed by atoms with van der Waals surface area (Å²) in [5.74, 6) is 0.805. The smallest absolute Gasteiger partial charge is 0.319 e. The Balaban J connectivity index is 1.83. The minimum Gasteiger partial charge on any atom is -0.497 e. The maximum Gasteiger partial charge on any atom is 0.319 e. The van der Waals surface area contributed by atoms with Gasteiger partial charge in [0.25, 0.3) is 0 Å². The Kier molecular flexibility index (Phi) is 5.60. The van der Waals surface area contributed by atoms with Crippen LogP contribution < -0.4 is 15.4 Å². The lowest BCUT2D eigenvalue weighted by Crippen LogP contribution is -2.34. The van der Waals surface area contributed by atoms with Crippen LogP contribution in [0.1, 0.15) is 24.1 Å². The van der Waals surface area contributed by atoms with Crippen molar-refractivity contribution in [2.24, 2.45) is 0 Å². The van der Waals surface area contributed by atoms with Crippen LogP contribution in [0.4, 0.5) is 4.79 Å². The lowest BCUT2D eigenvalue weighted by atomic mass is 10.1. The molecule has 0 saturated carbocycles. The van der Waals surface area contributed by atoms with Gasteiger partial charge in [-0.2, -0.15) is 0 Å². The third-order valence-corrected chi connectivity index (χ3v) is 3.25. The van der Waals surface area contributed by atoms with E-state index in [1.807, 2.05) is 67.6 Å². The summed E-state index contributed by atoms with van der Waals surface area (Å²) in [7, 11) is 1.63. The van der Waals surface area contributed by atoms with Crippen molar-refractivity contribution in [2.45, 2.75) is 13.0 Å². The molecule has 0 aliphatic carbocycles. The topological polar surface area (TPSA) is 50.4 Å². The van der Waals surface area contributed by atoms with Gasteiger partial charge in [-0.25, -0.2) is 4.79 Å². The van der Waals surface area contributed by atoms with Gasteiger partial charge in [0.2, 0.25) is 0 Å². The van der Waals surface area contributed by atoms with Crippen molar-refractivity contribution in [1.29, 1.82) is 0 Å². The molecule has 4 heteroatoms. The minimum absolute atomic E-state index is 0.0458. The van der Waals surface area contributed by atoms with Crippen LogP contribution in [0.25, 0.3) is 6.08 Å². The predicted molar refractivity (Wildman–Crippen MR) is 88.6 cm³/mol. The molecule has 0 bridgehead atoms. The van der Waals surface area contributed by atoms with Gasteiger partial charge < -0.3 is 15.4 Å². The van der Waals surface area contributed by atoms with Gasteiger partial charge in [-0.05, 0) is 36.3 Å². The van der Waals surface area contributed by atoms with Crippen molar-refractivity contribution in [1.82, 2.24) is 10.6 Å². The SMILES string of the molecule is COc1ccc(/C=C/NC(=O)NC(C)c2ccccc2)cc1. The maximum absolute atomic E-state index is 11.8. The van der Waals surface area contributed by atoms with Crippen LogP contribution in [0, 0.1) is 0 Å². The highest BCUT2D eigenvalue weighted by Crippen LogP contribution is 2.12. The molecule has 2 N–H and O–H groups in total. The number of carbonyl (C=O) groups is 1. The van der Waals surface area contributed by atoms with Gasteiger partial charge in [-0.15, -0.1) is 0 Å². The average Bonchev–Trinajstić information content (AvgIpc) is 2.56. The second-order valence-corrected chi connectivity index (χ2v) is 4.86. The molecule has 0 fully saturated rings. The van der Waals surface area contributed by atoms with E-state index in [4.69, 9.17) is 4.74 Å². The highest BCUT2D eigenvalue weighted by Gasteiger charge is 2.07. The van der Waals surface area contributed by atoms with E-state index in [-0.39, 0.29) is 12.1 Å². The monoisotopic (exact) mass is 296 g/mol. The molecule has 22 heavy (non-hydrogen) atoms. The third-order valence-electron chi connectivity index (χ3n) is 3.25. The highest BCUT2D eigenvalue weighted by atomic mass is 16.5. The zero-order valence-corrected chi connectivity index (χ0v) is 12.7. The zero-order valence-electron chi connectivity index (χ0n) is 12.7. The Morgan fingerprint density at radius 2 is 1.77 bits per heavy atom. The average molecular weight is 296 g/mol. The first kappa shape index (κ1) is 15.6. The molecule has 2 rings (SSSR count). The number of benzene rings is 2. The molecule has 2 aromatic rings. The van der Waals surface area contributed by atoms with Gasteiger partial charge in [0.15, 0.2) is 0 Å². The van der Waals surface area contributed by atoms with Crippen LogP contribution >= 0.6 is 0 Å². The van der Waals surface area contributed by atoms with Crippen LogP contribution in [0.3, 0.4) is 0 Å². The molecule has 1 atom stereocenters. The van der Waals surface area contributed by atoms with E-state index < -0.39 is 0 Å². The summed E-state index contributed by atoms with van der Waals surface area (Å²) >= 11 is 0. The molecule has 0 spiro atoms. The van der Waals surface area contributed by atoms with Crippen LogP contribution in [0.15, 0.2) is 60.8 Å². The first-order chi connectivity index (χ1) is 10.7. The fourth-order valence-corrected chi connectivity index (χ4v) is 1.99. The van der Waals surface area contributed by atoms with Crippen LogP contribution in [-0.2, 0) is 0 Å². The van der Waals surface area contributed by atoms with Crippen molar-refractivity contribution < 1.29 is 9.53 Å². The Morgan fingerprint density at radius 3 is 2.41 bits per heavy atom. The number of rotatable bonds is 5. The van der Waals surface area contributed by atoms with E-state index >= 15 is 0 Å². The number of ether oxygens (including phenoxy) is 1. The second kappa shape index (κ2) is 7.88. The Bertz CT molecular complexity index is 621. The molecular weight excluding hydrogens is 276 g/mol. The number of hydrogen-bond donors (Lipinski definition) is 2. The molecule has 2 amide bonds. The summed E-state index contributed by atoms with van der Waals surface area (Å²) in [5.41, 5.74) is 2.05. The van der Waals surface area contributed by atoms with Gasteiger partial charge in [0, 0.05) is 6.20 Å². The number of amides is 2. The molecule has 4 nitrogen and oxygen atoms in total. The quantitative estimate of drug-likeness (QED) is 0.883. The third kappa shape index (κ3) is 4.66. The molecular formula is C18H20N2O2. The fourth-order valence-electron chi connectivity index (χ4n) is 1.99. The van der Waals surface area contributed by atoms with Gasteiger partial charge in [0.05, 0.1) is 13.2 Å². The Labute approximate surface area is 130 Å². The maximum atomic E-state index is 11.8. The van der Waals surface area contributed by atoms with Crippen LogP contribution in [0.5, 0.6) is 5.75 Å². The largest absolute Gasteiger partial charge is 0.497 e.